The lowest BCUT2D eigenvalue weighted by molar-refractivity contribution is -0.192. The first-order valence-electron chi connectivity index (χ1n) is 9.60. The number of piperidine rings is 1. The molecule has 0 saturated carbocycles. The number of carbonyl (C=O) groups excluding carboxylic acids is 1. The molecule has 172 valence electrons. The SMILES string of the molecule is Cc1nc(-c2c[nH]c(C(=O)Nc3cnn(C4CCNCC4)c3)c2)cs1.O=C(O)C(F)(F)F. The third-order valence-electron chi connectivity index (χ3n) is 4.63. The minimum atomic E-state index is -5.08. The normalized spacial score (nSPS) is 14.5. The van der Waals surface area contributed by atoms with Gasteiger partial charge in [0.05, 0.1) is 28.6 Å². The van der Waals surface area contributed by atoms with E-state index in [1.54, 1.807) is 17.5 Å². The summed E-state index contributed by atoms with van der Waals surface area (Å²) < 4.78 is 33.7. The number of rotatable bonds is 4. The number of carbonyl (C=O) groups is 2. The van der Waals surface area contributed by atoms with E-state index in [1.165, 1.54) is 0 Å². The van der Waals surface area contributed by atoms with Crippen LogP contribution >= 0.6 is 11.3 Å². The van der Waals surface area contributed by atoms with E-state index in [4.69, 9.17) is 9.90 Å². The molecule has 3 aromatic heterocycles. The molecule has 0 aliphatic carbocycles. The van der Waals surface area contributed by atoms with E-state index in [1.807, 2.05) is 35.4 Å². The maximum Gasteiger partial charge on any atom is 0.490 e. The number of aromatic amines is 1. The van der Waals surface area contributed by atoms with Gasteiger partial charge in [-0.15, -0.1) is 11.3 Å². The highest BCUT2D eigenvalue weighted by Crippen LogP contribution is 2.23. The highest BCUT2D eigenvalue weighted by molar-refractivity contribution is 7.09. The number of halogens is 3. The average Bonchev–Trinajstić information content (AvgIpc) is 3.49. The van der Waals surface area contributed by atoms with Gasteiger partial charge in [-0.3, -0.25) is 9.48 Å². The number of hydrogen-bond donors (Lipinski definition) is 4. The molecule has 0 aromatic carbocycles. The summed E-state index contributed by atoms with van der Waals surface area (Å²) in [6.07, 6.45) is 2.45. The van der Waals surface area contributed by atoms with E-state index in [0.29, 0.717) is 17.4 Å². The van der Waals surface area contributed by atoms with Crippen LogP contribution in [0.5, 0.6) is 0 Å². The maximum atomic E-state index is 12.4. The molecule has 3 aromatic rings. The predicted molar refractivity (Wildman–Crippen MR) is 112 cm³/mol. The van der Waals surface area contributed by atoms with E-state index >= 15 is 0 Å². The fraction of sp³-hybridized carbons (Fsp3) is 0.368. The van der Waals surface area contributed by atoms with Crippen LogP contribution in [0.15, 0.2) is 30.0 Å². The zero-order valence-corrected chi connectivity index (χ0v) is 17.8. The lowest BCUT2D eigenvalue weighted by Gasteiger charge is -2.22. The van der Waals surface area contributed by atoms with Crippen LogP contribution in [0.2, 0.25) is 0 Å². The number of aryl methyl sites for hydroxylation is 1. The third-order valence-corrected chi connectivity index (χ3v) is 5.40. The number of nitrogens with zero attached hydrogens (tertiary/aromatic N) is 3. The number of thiazole rings is 1. The molecule has 13 heteroatoms. The van der Waals surface area contributed by atoms with E-state index in [-0.39, 0.29) is 5.91 Å². The Balaban J connectivity index is 0.000000360. The Hall–Kier alpha value is -3.19. The van der Waals surface area contributed by atoms with Crippen LogP contribution in [-0.4, -0.2) is 56.0 Å². The molecule has 9 nitrogen and oxygen atoms in total. The van der Waals surface area contributed by atoms with Gasteiger partial charge in [-0.2, -0.15) is 18.3 Å². The summed E-state index contributed by atoms with van der Waals surface area (Å²) >= 11 is 1.59. The zero-order valence-electron chi connectivity index (χ0n) is 16.9. The van der Waals surface area contributed by atoms with E-state index in [9.17, 15) is 18.0 Å². The molecule has 0 unspecified atom stereocenters. The number of nitrogens with one attached hydrogen (secondary N) is 3. The van der Waals surface area contributed by atoms with Gasteiger partial charge < -0.3 is 20.7 Å². The predicted octanol–water partition coefficient (Wildman–Crippen LogP) is 3.45. The smallest absolute Gasteiger partial charge is 0.475 e. The van der Waals surface area contributed by atoms with Crippen LogP contribution in [0.3, 0.4) is 0 Å². The number of hydrogen-bond acceptors (Lipinski definition) is 6. The molecule has 32 heavy (non-hydrogen) atoms. The van der Waals surface area contributed by atoms with Gasteiger partial charge in [-0.25, -0.2) is 9.78 Å². The second-order valence-electron chi connectivity index (χ2n) is 7.00. The molecule has 4 N–H and O–H groups in total. The summed E-state index contributed by atoms with van der Waals surface area (Å²) in [5, 5.41) is 20.8. The largest absolute Gasteiger partial charge is 0.490 e. The molecular weight excluding hydrogens is 449 g/mol. The molecule has 1 aliphatic rings. The van der Waals surface area contributed by atoms with Crippen LogP contribution in [0.4, 0.5) is 18.9 Å². The number of carboxylic acids is 1. The zero-order chi connectivity index (χ0) is 23.3. The molecule has 4 rings (SSSR count). The summed E-state index contributed by atoms with van der Waals surface area (Å²) in [6.45, 7) is 3.98. The van der Waals surface area contributed by atoms with Crippen LogP contribution in [-0.2, 0) is 4.79 Å². The minimum absolute atomic E-state index is 0.178. The van der Waals surface area contributed by atoms with Gasteiger partial charge in [0.2, 0.25) is 0 Å². The van der Waals surface area contributed by atoms with Crippen molar-refractivity contribution in [3.05, 3.63) is 40.7 Å². The van der Waals surface area contributed by atoms with Crippen molar-refractivity contribution in [3.63, 3.8) is 0 Å². The molecule has 1 amide bonds. The molecule has 0 spiro atoms. The van der Waals surface area contributed by atoms with Gasteiger partial charge in [0, 0.05) is 23.3 Å². The Morgan fingerprint density at radius 2 is 2.00 bits per heavy atom. The first-order chi connectivity index (χ1) is 15.1. The average molecular weight is 470 g/mol. The van der Waals surface area contributed by atoms with Gasteiger partial charge in [0.15, 0.2) is 0 Å². The van der Waals surface area contributed by atoms with Crippen molar-refractivity contribution in [2.24, 2.45) is 0 Å². The number of H-pyrrole nitrogens is 1. The lowest BCUT2D eigenvalue weighted by atomic mass is 10.1. The monoisotopic (exact) mass is 470 g/mol. The summed E-state index contributed by atoms with van der Waals surface area (Å²) in [4.78, 5) is 28.8. The van der Waals surface area contributed by atoms with E-state index in [0.717, 1.165) is 42.2 Å². The number of alkyl halides is 3. The highest BCUT2D eigenvalue weighted by Gasteiger charge is 2.38. The maximum absolute atomic E-state index is 12.4. The molecule has 0 radical (unpaired) electrons. The third kappa shape index (κ3) is 6.17. The second-order valence-corrected chi connectivity index (χ2v) is 8.06. The van der Waals surface area contributed by atoms with Crippen LogP contribution in [0.1, 0.15) is 34.4 Å². The fourth-order valence-corrected chi connectivity index (χ4v) is 3.66. The Kier molecular flexibility index (Phi) is 7.30. The first-order valence-corrected chi connectivity index (χ1v) is 10.5. The molecular formula is C19H21F3N6O3S. The van der Waals surface area contributed by atoms with Gasteiger partial charge in [-0.05, 0) is 38.9 Å². The van der Waals surface area contributed by atoms with Crippen molar-refractivity contribution in [1.82, 2.24) is 25.1 Å². The standard InChI is InChI=1S/C17H20N6OS.C2HF3O2/c1-11-21-16(10-25-11)12-6-15(19-7-12)17(24)22-13-8-20-23(9-13)14-2-4-18-5-3-14;3-2(4,5)1(6)7/h6-10,14,18-19H,2-5H2,1H3,(H,22,24);(H,6,7). The molecule has 1 aliphatic heterocycles. The van der Waals surface area contributed by atoms with Crippen molar-refractivity contribution in [2.45, 2.75) is 32.0 Å². The van der Waals surface area contributed by atoms with Crippen LogP contribution < -0.4 is 10.6 Å². The summed E-state index contributed by atoms with van der Waals surface area (Å²) in [7, 11) is 0. The summed E-state index contributed by atoms with van der Waals surface area (Å²) in [5.41, 5.74) is 3.02. The van der Waals surface area contributed by atoms with Crippen molar-refractivity contribution in [1.29, 1.82) is 0 Å². The lowest BCUT2D eigenvalue weighted by Crippen LogP contribution is -2.29. The molecule has 4 heterocycles. The quantitative estimate of drug-likeness (QED) is 0.463. The first kappa shape index (κ1) is 23.5. The van der Waals surface area contributed by atoms with Gasteiger partial charge >= 0.3 is 12.1 Å². The number of amides is 1. The van der Waals surface area contributed by atoms with Gasteiger partial charge in [-0.1, -0.05) is 0 Å². The van der Waals surface area contributed by atoms with Gasteiger partial charge in [0.25, 0.3) is 5.91 Å². The van der Waals surface area contributed by atoms with Crippen molar-refractivity contribution < 1.29 is 27.9 Å². The molecule has 0 atom stereocenters. The molecule has 0 bridgehead atoms. The Labute approximate surface area is 184 Å². The Bertz CT molecular complexity index is 1070. The number of carboxylic acid groups (broad SMARTS) is 1. The van der Waals surface area contributed by atoms with Crippen molar-refractivity contribution >= 4 is 28.9 Å². The van der Waals surface area contributed by atoms with E-state index < -0.39 is 12.1 Å². The van der Waals surface area contributed by atoms with Crippen molar-refractivity contribution in [2.75, 3.05) is 18.4 Å². The minimum Gasteiger partial charge on any atom is -0.475 e. The molecule has 1 fully saturated rings. The van der Waals surface area contributed by atoms with Gasteiger partial charge in [0.1, 0.15) is 5.69 Å². The topological polar surface area (TPSA) is 125 Å². The Morgan fingerprint density at radius 3 is 2.59 bits per heavy atom. The fourth-order valence-electron chi connectivity index (χ4n) is 3.04. The van der Waals surface area contributed by atoms with Crippen molar-refractivity contribution in [3.8, 4) is 11.3 Å². The van der Waals surface area contributed by atoms with Crippen LogP contribution in [0.25, 0.3) is 11.3 Å². The van der Waals surface area contributed by atoms with E-state index in [2.05, 4.69) is 25.7 Å². The highest BCUT2D eigenvalue weighted by atomic mass is 32.1. The Morgan fingerprint density at radius 1 is 1.31 bits per heavy atom. The second kappa shape index (κ2) is 9.96. The number of aliphatic carboxylic acids is 1. The number of aromatic nitrogens is 4. The number of anilines is 1. The van der Waals surface area contributed by atoms with Crippen LogP contribution in [0, 0.1) is 6.92 Å². The summed E-state index contributed by atoms with van der Waals surface area (Å²) in [5.74, 6) is -2.93. The molecule has 1 saturated heterocycles. The summed E-state index contributed by atoms with van der Waals surface area (Å²) in [6, 6.07) is 2.22.